The fraction of sp³-hybridized carbons (Fsp3) is 0.462. The Morgan fingerprint density at radius 3 is 2.61 bits per heavy atom. The van der Waals surface area contributed by atoms with Gasteiger partial charge in [0.15, 0.2) is 5.88 Å². The van der Waals surface area contributed by atoms with Crippen molar-refractivity contribution in [1.29, 1.82) is 0 Å². The summed E-state index contributed by atoms with van der Waals surface area (Å²) < 4.78 is 21.6. The molecule has 0 amide bonds. The van der Waals surface area contributed by atoms with Crippen LogP contribution in [0.1, 0.15) is 36.8 Å². The van der Waals surface area contributed by atoms with Crippen LogP contribution in [0.5, 0.6) is 11.6 Å². The highest BCUT2D eigenvalue weighted by atomic mass is 19.1. The number of aromatic nitrogens is 1. The SMILES string of the molecule is Cc1cc(OCC2CCN(Cc3cccc(F)c3)CC2)cc2cn(CC3CC3)c(O)c12. The molecule has 0 atom stereocenters. The average molecular weight is 423 g/mol. The molecule has 2 aliphatic rings. The fourth-order valence-electron chi connectivity index (χ4n) is 4.78. The van der Waals surface area contributed by atoms with Gasteiger partial charge in [-0.25, -0.2) is 4.39 Å². The Morgan fingerprint density at radius 1 is 1.06 bits per heavy atom. The zero-order valence-electron chi connectivity index (χ0n) is 18.2. The van der Waals surface area contributed by atoms with Crippen LogP contribution >= 0.6 is 0 Å². The molecule has 0 unspecified atom stereocenters. The maximum absolute atomic E-state index is 13.4. The number of piperidine rings is 1. The number of rotatable bonds is 7. The van der Waals surface area contributed by atoms with Gasteiger partial charge in [0.1, 0.15) is 11.6 Å². The molecular weight excluding hydrogens is 391 g/mol. The minimum Gasteiger partial charge on any atom is -0.494 e. The monoisotopic (exact) mass is 422 g/mol. The van der Waals surface area contributed by atoms with Gasteiger partial charge in [0, 0.05) is 30.1 Å². The molecule has 2 fully saturated rings. The standard InChI is InChI=1S/C26H31FN2O2/c1-18-11-24(13-22-16-29(15-19-5-6-19)26(30)25(18)22)31-17-20-7-9-28(10-8-20)14-21-3-2-4-23(27)12-21/h2-4,11-13,16,19-20,30H,5-10,14-15,17H2,1H3. The quantitative estimate of drug-likeness (QED) is 0.547. The highest BCUT2D eigenvalue weighted by Crippen LogP contribution is 2.37. The van der Waals surface area contributed by atoms with Crippen LogP contribution in [-0.4, -0.2) is 34.3 Å². The minimum atomic E-state index is -0.163. The molecule has 0 spiro atoms. The Hall–Kier alpha value is -2.53. The molecule has 3 aromatic rings. The largest absolute Gasteiger partial charge is 0.494 e. The first-order valence-electron chi connectivity index (χ1n) is 11.5. The van der Waals surface area contributed by atoms with Crippen LogP contribution in [-0.2, 0) is 13.1 Å². The summed E-state index contributed by atoms with van der Waals surface area (Å²) in [5.41, 5.74) is 2.10. The summed E-state index contributed by atoms with van der Waals surface area (Å²) in [5.74, 6) is 2.36. The van der Waals surface area contributed by atoms with Crippen molar-refractivity contribution in [1.82, 2.24) is 9.47 Å². The zero-order valence-corrected chi connectivity index (χ0v) is 18.2. The van der Waals surface area contributed by atoms with E-state index in [1.165, 1.54) is 18.9 Å². The minimum absolute atomic E-state index is 0.163. The van der Waals surface area contributed by atoms with E-state index in [2.05, 4.69) is 17.2 Å². The molecule has 1 aromatic heterocycles. The molecule has 164 valence electrons. The van der Waals surface area contributed by atoms with Crippen molar-refractivity contribution < 1.29 is 14.2 Å². The van der Waals surface area contributed by atoms with Gasteiger partial charge in [-0.2, -0.15) is 0 Å². The van der Waals surface area contributed by atoms with Gasteiger partial charge in [0.05, 0.1) is 6.61 Å². The van der Waals surface area contributed by atoms with E-state index < -0.39 is 0 Å². The number of hydrogen-bond acceptors (Lipinski definition) is 3. The van der Waals surface area contributed by atoms with Gasteiger partial charge in [0.2, 0.25) is 0 Å². The maximum atomic E-state index is 13.4. The lowest BCUT2D eigenvalue weighted by Crippen LogP contribution is -2.35. The van der Waals surface area contributed by atoms with Crippen molar-refractivity contribution in [2.24, 2.45) is 11.8 Å². The molecular formula is C26H31FN2O2. The van der Waals surface area contributed by atoms with Crippen LogP contribution in [0, 0.1) is 24.6 Å². The first-order chi connectivity index (χ1) is 15.0. The normalized spacial score (nSPS) is 18.0. The van der Waals surface area contributed by atoms with Crippen molar-refractivity contribution in [3.05, 3.63) is 59.5 Å². The van der Waals surface area contributed by atoms with Gasteiger partial charge in [-0.15, -0.1) is 0 Å². The predicted molar refractivity (Wildman–Crippen MR) is 121 cm³/mol. The van der Waals surface area contributed by atoms with Gasteiger partial charge in [-0.3, -0.25) is 4.90 Å². The van der Waals surface area contributed by atoms with Crippen LogP contribution in [0.3, 0.4) is 0 Å². The first-order valence-corrected chi connectivity index (χ1v) is 11.5. The Bertz CT molecular complexity index is 1060. The molecule has 5 rings (SSSR count). The van der Waals surface area contributed by atoms with E-state index in [1.54, 1.807) is 12.1 Å². The lowest BCUT2D eigenvalue weighted by atomic mass is 9.97. The number of halogens is 1. The Morgan fingerprint density at radius 2 is 1.87 bits per heavy atom. The highest BCUT2D eigenvalue weighted by molar-refractivity contribution is 5.92. The molecule has 1 aliphatic heterocycles. The Labute approximate surface area is 183 Å². The second kappa shape index (κ2) is 8.54. The van der Waals surface area contributed by atoms with E-state index in [0.717, 1.165) is 72.6 Å². The van der Waals surface area contributed by atoms with E-state index in [9.17, 15) is 9.50 Å². The summed E-state index contributed by atoms with van der Waals surface area (Å²) in [7, 11) is 0. The van der Waals surface area contributed by atoms with Crippen LogP contribution in [0.25, 0.3) is 10.8 Å². The zero-order chi connectivity index (χ0) is 21.4. The molecule has 1 N–H and O–H groups in total. The summed E-state index contributed by atoms with van der Waals surface area (Å²) in [6.45, 7) is 6.50. The van der Waals surface area contributed by atoms with E-state index >= 15 is 0 Å². The second-order valence-electron chi connectivity index (χ2n) is 9.41. The lowest BCUT2D eigenvalue weighted by Gasteiger charge is -2.31. The third-order valence-electron chi connectivity index (χ3n) is 6.77. The van der Waals surface area contributed by atoms with Crippen LogP contribution < -0.4 is 4.74 Å². The van der Waals surface area contributed by atoms with Crippen molar-refractivity contribution in [3.8, 4) is 11.6 Å². The molecule has 31 heavy (non-hydrogen) atoms. The topological polar surface area (TPSA) is 37.6 Å². The average Bonchev–Trinajstić information content (AvgIpc) is 3.50. The fourth-order valence-corrected chi connectivity index (χ4v) is 4.78. The number of likely N-dealkylation sites (tertiary alicyclic amines) is 1. The van der Waals surface area contributed by atoms with Crippen molar-refractivity contribution in [2.75, 3.05) is 19.7 Å². The molecule has 0 radical (unpaired) electrons. The van der Waals surface area contributed by atoms with Crippen molar-refractivity contribution in [2.45, 2.75) is 45.7 Å². The highest BCUT2D eigenvalue weighted by Gasteiger charge is 2.24. The summed E-state index contributed by atoms with van der Waals surface area (Å²) in [4.78, 5) is 2.40. The number of ether oxygens (including phenoxy) is 1. The van der Waals surface area contributed by atoms with Crippen molar-refractivity contribution >= 4 is 10.8 Å². The van der Waals surface area contributed by atoms with E-state index in [0.29, 0.717) is 18.4 Å². The van der Waals surface area contributed by atoms with E-state index in [4.69, 9.17) is 4.74 Å². The van der Waals surface area contributed by atoms with E-state index in [1.807, 2.05) is 23.6 Å². The van der Waals surface area contributed by atoms with Crippen LogP contribution in [0.2, 0.25) is 0 Å². The molecule has 2 aromatic carbocycles. The number of aromatic hydroxyl groups is 1. The number of nitrogens with zero attached hydrogens (tertiary/aromatic N) is 2. The summed E-state index contributed by atoms with van der Waals surface area (Å²) in [6.07, 6.45) is 6.78. The predicted octanol–water partition coefficient (Wildman–Crippen LogP) is 5.50. The van der Waals surface area contributed by atoms with Gasteiger partial charge in [-0.05, 0) is 92.9 Å². The lowest BCUT2D eigenvalue weighted by molar-refractivity contribution is 0.136. The number of aryl methyl sites for hydroxylation is 1. The van der Waals surface area contributed by atoms with Gasteiger partial charge < -0.3 is 14.4 Å². The van der Waals surface area contributed by atoms with E-state index in [-0.39, 0.29) is 5.82 Å². The van der Waals surface area contributed by atoms with Crippen LogP contribution in [0.15, 0.2) is 42.6 Å². The molecule has 1 saturated heterocycles. The third-order valence-corrected chi connectivity index (χ3v) is 6.77. The van der Waals surface area contributed by atoms with Gasteiger partial charge in [-0.1, -0.05) is 12.1 Å². The smallest absolute Gasteiger partial charge is 0.199 e. The molecule has 2 heterocycles. The molecule has 1 aliphatic carbocycles. The summed E-state index contributed by atoms with van der Waals surface area (Å²) >= 11 is 0. The number of hydrogen-bond donors (Lipinski definition) is 1. The van der Waals surface area contributed by atoms with Gasteiger partial charge >= 0.3 is 0 Å². The molecule has 4 nitrogen and oxygen atoms in total. The third kappa shape index (κ3) is 4.72. The molecule has 5 heteroatoms. The maximum Gasteiger partial charge on any atom is 0.199 e. The number of fused-ring (bicyclic) bond motifs is 1. The molecule has 0 bridgehead atoms. The Kier molecular flexibility index (Phi) is 5.61. The summed E-state index contributed by atoms with van der Waals surface area (Å²) in [6, 6.07) is 11.0. The van der Waals surface area contributed by atoms with Crippen molar-refractivity contribution in [3.63, 3.8) is 0 Å². The first kappa shape index (κ1) is 20.4. The summed E-state index contributed by atoms with van der Waals surface area (Å²) in [5, 5.41) is 12.6. The number of benzene rings is 2. The van der Waals surface area contributed by atoms with Gasteiger partial charge in [0.25, 0.3) is 0 Å². The molecule has 1 saturated carbocycles. The second-order valence-corrected chi connectivity index (χ2v) is 9.41. The Balaban J connectivity index is 1.17. The van der Waals surface area contributed by atoms with Crippen LogP contribution in [0.4, 0.5) is 4.39 Å².